The molecule has 1 aliphatic heterocycles. The molecule has 1 aliphatic rings. The van der Waals surface area contributed by atoms with Crippen LogP contribution in [0.5, 0.6) is 0 Å². The summed E-state index contributed by atoms with van der Waals surface area (Å²) in [5.41, 5.74) is 0.522. The summed E-state index contributed by atoms with van der Waals surface area (Å²) in [5, 5.41) is 5.05. The zero-order valence-electron chi connectivity index (χ0n) is 6.83. The standard InChI is InChI=1S/C8H9N3O2/c12-7(5-2-1-3-9-5)6-4-10-8(13)11-6/h1-3,6,9H,4H2,(H2,10,11,13). The molecule has 1 atom stereocenters. The number of carbonyl (C=O) groups is 2. The number of amides is 2. The first-order chi connectivity index (χ1) is 6.27. The fourth-order valence-electron chi connectivity index (χ4n) is 1.28. The van der Waals surface area contributed by atoms with Gasteiger partial charge in [-0.15, -0.1) is 0 Å². The van der Waals surface area contributed by atoms with E-state index in [1.54, 1.807) is 18.3 Å². The van der Waals surface area contributed by atoms with Crippen LogP contribution >= 0.6 is 0 Å². The van der Waals surface area contributed by atoms with Crippen molar-refractivity contribution in [2.24, 2.45) is 0 Å². The Bertz CT molecular complexity index is 331. The van der Waals surface area contributed by atoms with Crippen LogP contribution in [0.25, 0.3) is 0 Å². The van der Waals surface area contributed by atoms with Crippen LogP contribution in [0.2, 0.25) is 0 Å². The van der Waals surface area contributed by atoms with Gasteiger partial charge in [-0.1, -0.05) is 0 Å². The summed E-state index contributed by atoms with van der Waals surface area (Å²) in [6.45, 7) is 0.358. The van der Waals surface area contributed by atoms with Gasteiger partial charge in [0.15, 0.2) is 0 Å². The van der Waals surface area contributed by atoms with Gasteiger partial charge in [-0.25, -0.2) is 4.79 Å². The van der Waals surface area contributed by atoms with E-state index >= 15 is 0 Å². The highest BCUT2D eigenvalue weighted by atomic mass is 16.2. The van der Waals surface area contributed by atoms with Gasteiger partial charge in [0.05, 0.1) is 5.69 Å². The van der Waals surface area contributed by atoms with Crippen molar-refractivity contribution in [2.75, 3.05) is 6.54 Å². The maximum Gasteiger partial charge on any atom is 0.315 e. The Morgan fingerprint density at radius 2 is 2.38 bits per heavy atom. The van der Waals surface area contributed by atoms with Gasteiger partial charge in [0.2, 0.25) is 5.78 Å². The summed E-state index contributed by atoms with van der Waals surface area (Å²) in [6.07, 6.45) is 1.68. The number of nitrogens with one attached hydrogen (secondary N) is 3. The van der Waals surface area contributed by atoms with Crippen molar-refractivity contribution in [3.8, 4) is 0 Å². The molecule has 3 N–H and O–H groups in total. The van der Waals surface area contributed by atoms with Gasteiger partial charge >= 0.3 is 6.03 Å². The van der Waals surface area contributed by atoms with Crippen LogP contribution in [-0.4, -0.2) is 29.4 Å². The molecule has 0 spiro atoms. The molecule has 0 bridgehead atoms. The Labute approximate surface area is 74.5 Å². The fourth-order valence-corrected chi connectivity index (χ4v) is 1.28. The Morgan fingerprint density at radius 3 is 2.92 bits per heavy atom. The fraction of sp³-hybridized carbons (Fsp3) is 0.250. The topological polar surface area (TPSA) is 74.0 Å². The molecule has 0 aromatic carbocycles. The van der Waals surface area contributed by atoms with Gasteiger partial charge in [-0.05, 0) is 12.1 Å². The van der Waals surface area contributed by atoms with Gasteiger partial charge in [0.25, 0.3) is 0 Å². The van der Waals surface area contributed by atoms with E-state index in [1.807, 2.05) is 0 Å². The number of hydrogen-bond donors (Lipinski definition) is 3. The van der Waals surface area contributed by atoms with Crippen LogP contribution in [0.1, 0.15) is 10.5 Å². The Balaban J connectivity index is 2.10. The molecule has 0 radical (unpaired) electrons. The minimum absolute atomic E-state index is 0.0941. The van der Waals surface area contributed by atoms with Crippen LogP contribution in [0.3, 0.4) is 0 Å². The Morgan fingerprint density at radius 1 is 1.54 bits per heavy atom. The minimum Gasteiger partial charge on any atom is -0.359 e. The lowest BCUT2D eigenvalue weighted by atomic mass is 10.1. The summed E-state index contributed by atoms with van der Waals surface area (Å²) in [7, 11) is 0. The minimum atomic E-state index is -0.439. The van der Waals surface area contributed by atoms with Gasteiger partial charge in [0, 0.05) is 12.7 Å². The third-order valence-electron chi connectivity index (χ3n) is 1.95. The second-order valence-electron chi connectivity index (χ2n) is 2.85. The summed E-state index contributed by atoms with van der Waals surface area (Å²) in [6, 6.07) is 2.71. The van der Waals surface area contributed by atoms with Crippen LogP contribution in [0, 0.1) is 0 Å². The summed E-state index contributed by atoms with van der Waals surface area (Å²) in [4.78, 5) is 25.1. The quantitative estimate of drug-likeness (QED) is 0.553. The van der Waals surface area contributed by atoms with Crippen molar-refractivity contribution >= 4 is 11.8 Å². The number of rotatable bonds is 2. The number of H-pyrrole nitrogens is 1. The van der Waals surface area contributed by atoms with Crippen molar-refractivity contribution in [2.45, 2.75) is 6.04 Å². The number of aromatic nitrogens is 1. The molecule has 1 saturated heterocycles. The zero-order valence-corrected chi connectivity index (χ0v) is 6.83. The average molecular weight is 179 g/mol. The normalized spacial score (nSPS) is 20.9. The largest absolute Gasteiger partial charge is 0.359 e. The molecular weight excluding hydrogens is 170 g/mol. The molecule has 13 heavy (non-hydrogen) atoms. The molecule has 0 saturated carbocycles. The molecule has 1 fully saturated rings. The van der Waals surface area contributed by atoms with Crippen molar-refractivity contribution in [1.82, 2.24) is 15.6 Å². The number of urea groups is 1. The monoisotopic (exact) mass is 179 g/mol. The second kappa shape index (κ2) is 2.93. The van der Waals surface area contributed by atoms with Gasteiger partial charge < -0.3 is 15.6 Å². The van der Waals surface area contributed by atoms with E-state index in [4.69, 9.17) is 0 Å². The van der Waals surface area contributed by atoms with Crippen LogP contribution in [-0.2, 0) is 0 Å². The number of hydrogen-bond acceptors (Lipinski definition) is 2. The molecule has 1 aromatic rings. The van der Waals surface area contributed by atoms with E-state index in [9.17, 15) is 9.59 Å². The number of Topliss-reactive ketones (excluding diaryl/α,β-unsaturated/α-hetero) is 1. The lowest BCUT2D eigenvalue weighted by Crippen LogP contribution is -2.34. The van der Waals surface area contributed by atoms with Crippen molar-refractivity contribution in [3.63, 3.8) is 0 Å². The van der Waals surface area contributed by atoms with E-state index in [2.05, 4.69) is 15.6 Å². The maximum absolute atomic E-state index is 11.6. The average Bonchev–Trinajstić information content (AvgIpc) is 2.72. The molecule has 5 heteroatoms. The number of ketones is 1. The summed E-state index contributed by atoms with van der Waals surface area (Å²) in [5.74, 6) is -0.0941. The summed E-state index contributed by atoms with van der Waals surface area (Å²) >= 11 is 0. The van der Waals surface area contributed by atoms with E-state index in [1.165, 1.54) is 0 Å². The van der Waals surface area contributed by atoms with E-state index < -0.39 is 6.04 Å². The highest BCUT2D eigenvalue weighted by Gasteiger charge is 2.27. The first-order valence-electron chi connectivity index (χ1n) is 3.99. The summed E-state index contributed by atoms with van der Waals surface area (Å²) < 4.78 is 0. The number of aromatic amines is 1. The Kier molecular flexibility index (Phi) is 1.77. The van der Waals surface area contributed by atoms with Crippen LogP contribution < -0.4 is 10.6 Å². The maximum atomic E-state index is 11.6. The molecular formula is C8H9N3O2. The Hall–Kier alpha value is -1.78. The van der Waals surface area contributed by atoms with E-state index in [-0.39, 0.29) is 11.8 Å². The first kappa shape index (κ1) is 7.85. The highest BCUT2D eigenvalue weighted by molar-refractivity contribution is 6.02. The van der Waals surface area contributed by atoms with Gasteiger partial charge in [-0.2, -0.15) is 0 Å². The lowest BCUT2D eigenvalue weighted by Gasteiger charge is -2.04. The van der Waals surface area contributed by atoms with Crippen molar-refractivity contribution in [1.29, 1.82) is 0 Å². The van der Waals surface area contributed by atoms with Crippen molar-refractivity contribution < 1.29 is 9.59 Å². The molecule has 0 aliphatic carbocycles. The molecule has 5 nitrogen and oxygen atoms in total. The SMILES string of the molecule is O=C1NCC(C(=O)c2ccc[nH]2)N1. The molecule has 68 valence electrons. The lowest BCUT2D eigenvalue weighted by molar-refractivity contribution is 0.0953. The molecule has 1 unspecified atom stereocenters. The molecule has 1 aromatic heterocycles. The highest BCUT2D eigenvalue weighted by Crippen LogP contribution is 2.02. The van der Waals surface area contributed by atoms with Gasteiger partial charge in [0.1, 0.15) is 6.04 Å². The van der Waals surface area contributed by atoms with Crippen molar-refractivity contribution in [3.05, 3.63) is 24.0 Å². The molecule has 2 rings (SSSR count). The van der Waals surface area contributed by atoms with Crippen LogP contribution in [0.4, 0.5) is 4.79 Å². The van der Waals surface area contributed by atoms with E-state index in [0.29, 0.717) is 12.2 Å². The number of carbonyl (C=O) groups excluding carboxylic acids is 2. The molecule has 2 heterocycles. The predicted octanol–water partition coefficient (Wildman–Crippen LogP) is -0.121. The predicted molar refractivity (Wildman–Crippen MR) is 45.4 cm³/mol. The first-order valence-corrected chi connectivity index (χ1v) is 3.99. The van der Waals surface area contributed by atoms with Gasteiger partial charge in [-0.3, -0.25) is 4.79 Å². The molecule has 2 amide bonds. The zero-order chi connectivity index (χ0) is 9.26. The third kappa shape index (κ3) is 1.40. The second-order valence-corrected chi connectivity index (χ2v) is 2.85. The van der Waals surface area contributed by atoms with Crippen LogP contribution in [0.15, 0.2) is 18.3 Å². The smallest absolute Gasteiger partial charge is 0.315 e. The van der Waals surface area contributed by atoms with E-state index in [0.717, 1.165) is 0 Å². The third-order valence-corrected chi connectivity index (χ3v) is 1.95.